The number of sulfone groups is 1. The molecule has 3 rings (SSSR count). The number of aliphatic imine (C=N–C) groups is 1. The summed E-state index contributed by atoms with van der Waals surface area (Å²) in [6.45, 7) is 1.34. The Morgan fingerprint density at radius 3 is 2.64 bits per heavy atom. The SMILES string of the molecule is COCC(C)(O)c1cc(N=C(N)c2c(NC3CCCCC3)cc[nH]c2=O)ccc1S(C)(=O)=O. The standard InChI is InChI=1S/C23H32N4O5S/c1-23(29,14-32-2)17-13-16(9-10-19(17)33(3,30)31)27-21(24)20-18(11-12-25-22(20)28)26-15-7-5-4-6-8-15/h9-13,15,29H,4-8,14H2,1-3H3,(H2,24,27)(H2,25,26,28). The maximum Gasteiger partial charge on any atom is 0.261 e. The van der Waals surface area contributed by atoms with Gasteiger partial charge in [0, 0.05) is 31.2 Å². The predicted octanol–water partition coefficient (Wildman–Crippen LogP) is 2.41. The van der Waals surface area contributed by atoms with Crippen LogP contribution >= 0.6 is 0 Å². The van der Waals surface area contributed by atoms with E-state index in [1.807, 2.05) is 0 Å². The summed E-state index contributed by atoms with van der Waals surface area (Å²) in [6, 6.07) is 6.33. The van der Waals surface area contributed by atoms with Crippen molar-refractivity contribution in [2.45, 2.75) is 55.6 Å². The first-order valence-electron chi connectivity index (χ1n) is 10.9. The molecule has 180 valence electrons. The number of pyridine rings is 1. The van der Waals surface area contributed by atoms with Gasteiger partial charge < -0.3 is 25.9 Å². The van der Waals surface area contributed by atoms with Gasteiger partial charge in [-0.15, -0.1) is 0 Å². The molecule has 2 aromatic rings. The number of amidine groups is 1. The minimum Gasteiger partial charge on any atom is -0.383 e. The Labute approximate surface area is 194 Å². The average molecular weight is 477 g/mol. The summed E-state index contributed by atoms with van der Waals surface area (Å²) in [5.41, 5.74) is 5.58. The molecule has 1 heterocycles. The van der Waals surface area contributed by atoms with Crippen molar-refractivity contribution in [3.8, 4) is 0 Å². The number of nitrogens with two attached hydrogens (primary N) is 1. The Bertz CT molecular complexity index is 1180. The van der Waals surface area contributed by atoms with Gasteiger partial charge in [0.25, 0.3) is 5.56 Å². The number of aromatic amines is 1. The minimum absolute atomic E-state index is 0.0143. The molecule has 5 N–H and O–H groups in total. The van der Waals surface area contributed by atoms with Crippen molar-refractivity contribution in [2.24, 2.45) is 10.7 Å². The first-order chi connectivity index (χ1) is 15.5. The van der Waals surface area contributed by atoms with Crippen molar-refractivity contribution < 1.29 is 18.3 Å². The van der Waals surface area contributed by atoms with Crippen LogP contribution in [-0.4, -0.2) is 50.4 Å². The molecule has 9 nitrogen and oxygen atoms in total. The molecule has 1 aromatic carbocycles. The molecular formula is C23H32N4O5S. The van der Waals surface area contributed by atoms with Gasteiger partial charge in [0.15, 0.2) is 9.84 Å². The highest BCUT2D eigenvalue weighted by Gasteiger charge is 2.30. The fourth-order valence-electron chi connectivity index (χ4n) is 4.21. The van der Waals surface area contributed by atoms with Gasteiger partial charge in [-0.05, 0) is 44.0 Å². The Kier molecular flexibility index (Phi) is 7.61. The third kappa shape index (κ3) is 6.01. The molecule has 0 saturated heterocycles. The number of hydrogen-bond acceptors (Lipinski definition) is 7. The molecule has 1 aliphatic carbocycles. The molecule has 1 aliphatic rings. The molecule has 1 unspecified atom stereocenters. The maximum atomic E-state index is 12.6. The van der Waals surface area contributed by atoms with E-state index in [1.54, 1.807) is 12.3 Å². The highest BCUT2D eigenvalue weighted by Crippen LogP contribution is 2.32. The molecule has 0 radical (unpaired) electrons. The van der Waals surface area contributed by atoms with E-state index in [4.69, 9.17) is 10.5 Å². The zero-order chi connectivity index (χ0) is 24.2. The lowest BCUT2D eigenvalue weighted by Crippen LogP contribution is -2.30. The number of nitrogens with zero attached hydrogens (tertiary/aromatic N) is 1. The van der Waals surface area contributed by atoms with E-state index in [2.05, 4.69) is 15.3 Å². The third-order valence-electron chi connectivity index (χ3n) is 5.80. The highest BCUT2D eigenvalue weighted by molar-refractivity contribution is 7.90. The van der Waals surface area contributed by atoms with Gasteiger partial charge in [0.1, 0.15) is 17.0 Å². The number of anilines is 1. The van der Waals surface area contributed by atoms with Crippen LogP contribution in [-0.2, 0) is 20.2 Å². The molecule has 0 spiro atoms. The van der Waals surface area contributed by atoms with E-state index >= 15 is 0 Å². The van der Waals surface area contributed by atoms with Crippen LogP contribution < -0.4 is 16.6 Å². The largest absolute Gasteiger partial charge is 0.383 e. The number of nitrogens with one attached hydrogen (secondary N) is 2. The second-order valence-electron chi connectivity index (χ2n) is 8.73. The third-order valence-corrected chi connectivity index (χ3v) is 6.95. The number of rotatable bonds is 8. The van der Waals surface area contributed by atoms with E-state index < -0.39 is 15.4 Å². The summed E-state index contributed by atoms with van der Waals surface area (Å²) in [6.07, 6.45) is 8.16. The van der Waals surface area contributed by atoms with Gasteiger partial charge in [-0.3, -0.25) is 4.79 Å². The van der Waals surface area contributed by atoms with E-state index in [0.717, 1.165) is 31.9 Å². The number of methoxy groups -OCH3 is 1. The Balaban J connectivity index is 2.04. The van der Waals surface area contributed by atoms with Crippen LogP contribution in [0.5, 0.6) is 0 Å². The monoisotopic (exact) mass is 476 g/mol. The van der Waals surface area contributed by atoms with Crippen LogP contribution in [0.1, 0.15) is 50.2 Å². The average Bonchev–Trinajstić information content (AvgIpc) is 2.73. The second-order valence-corrected chi connectivity index (χ2v) is 10.7. The van der Waals surface area contributed by atoms with Gasteiger partial charge in [0.2, 0.25) is 0 Å². The molecule has 10 heteroatoms. The molecule has 1 aromatic heterocycles. The number of aromatic nitrogens is 1. The Morgan fingerprint density at radius 2 is 2.00 bits per heavy atom. The van der Waals surface area contributed by atoms with E-state index in [9.17, 15) is 18.3 Å². The molecular weight excluding hydrogens is 444 g/mol. The molecule has 0 bridgehead atoms. The van der Waals surface area contributed by atoms with Crippen LogP contribution in [0.15, 0.2) is 45.1 Å². The first-order valence-corrected chi connectivity index (χ1v) is 12.8. The Morgan fingerprint density at radius 1 is 1.30 bits per heavy atom. The summed E-state index contributed by atoms with van der Waals surface area (Å²) >= 11 is 0. The van der Waals surface area contributed by atoms with E-state index in [0.29, 0.717) is 11.4 Å². The topological polar surface area (TPSA) is 147 Å². The van der Waals surface area contributed by atoms with Crippen molar-refractivity contribution in [1.82, 2.24) is 4.98 Å². The van der Waals surface area contributed by atoms with E-state index in [1.165, 1.54) is 38.7 Å². The first kappa shape index (κ1) is 24.9. The van der Waals surface area contributed by atoms with Crippen molar-refractivity contribution in [2.75, 3.05) is 25.3 Å². The molecule has 1 atom stereocenters. The zero-order valence-corrected chi connectivity index (χ0v) is 20.0. The Hall–Kier alpha value is -2.69. The fraction of sp³-hybridized carbons (Fsp3) is 0.478. The van der Waals surface area contributed by atoms with Crippen LogP contribution in [0.3, 0.4) is 0 Å². The van der Waals surface area contributed by atoms with Crippen molar-refractivity contribution in [1.29, 1.82) is 0 Å². The highest BCUT2D eigenvalue weighted by atomic mass is 32.2. The zero-order valence-electron chi connectivity index (χ0n) is 19.2. The van der Waals surface area contributed by atoms with E-state index in [-0.39, 0.29) is 40.1 Å². The van der Waals surface area contributed by atoms with Gasteiger partial charge in [-0.1, -0.05) is 19.3 Å². The van der Waals surface area contributed by atoms with Gasteiger partial charge >= 0.3 is 0 Å². The van der Waals surface area contributed by atoms with Crippen LogP contribution in [0, 0.1) is 0 Å². The van der Waals surface area contributed by atoms with Crippen LogP contribution in [0.2, 0.25) is 0 Å². The molecule has 33 heavy (non-hydrogen) atoms. The number of aliphatic hydroxyl groups is 1. The number of benzene rings is 1. The molecule has 1 saturated carbocycles. The normalized spacial score (nSPS) is 17.5. The fourth-order valence-corrected chi connectivity index (χ4v) is 5.20. The molecule has 1 fully saturated rings. The summed E-state index contributed by atoms with van der Waals surface area (Å²) < 4.78 is 29.6. The van der Waals surface area contributed by atoms with Gasteiger partial charge in [-0.2, -0.15) is 0 Å². The lowest BCUT2D eigenvalue weighted by atomic mass is 9.95. The smallest absolute Gasteiger partial charge is 0.261 e. The summed E-state index contributed by atoms with van der Waals surface area (Å²) in [5, 5.41) is 14.3. The quantitative estimate of drug-likeness (QED) is 0.338. The predicted molar refractivity (Wildman–Crippen MR) is 129 cm³/mol. The molecule has 0 aliphatic heterocycles. The summed E-state index contributed by atoms with van der Waals surface area (Å²) in [7, 11) is -2.21. The molecule has 0 amide bonds. The number of hydrogen-bond donors (Lipinski definition) is 4. The van der Waals surface area contributed by atoms with Gasteiger partial charge in [0.05, 0.1) is 22.9 Å². The summed E-state index contributed by atoms with van der Waals surface area (Å²) in [4.78, 5) is 19.6. The number of H-pyrrole nitrogens is 1. The lowest BCUT2D eigenvalue weighted by Gasteiger charge is -2.25. The summed E-state index contributed by atoms with van der Waals surface area (Å²) in [5.74, 6) is -0.0143. The van der Waals surface area contributed by atoms with Crippen LogP contribution in [0.25, 0.3) is 0 Å². The second kappa shape index (κ2) is 10.1. The number of ether oxygens (including phenoxy) is 1. The lowest BCUT2D eigenvalue weighted by molar-refractivity contribution is -0.0227. The maximum absolute atomic E-state index is 12.6. The van der Waals surface area contributed by atoms with Crippen molar-refractivity contribution in [3.63, 3.8) is 0 Å². The van der Waals surface area contributed by atoms with Crippen LogP contribution in [0.4, 0.5) is 11.4 Å². The van der Waals surface area contributed by atoms with Crippen molar-refractivity contribution >= 4 is 27.0 Å². The minimum atomic E-state index is -3.62. The van der Waals surface area contributed by atoms with Gasteiger partial charge in [-0.25, -0.2) is 13.4 Å². The van der Waals surface area contributed by atoms with Crippen molar-refractivity contribution in [3.05, 3.63) is 51.9 Å².